The van der Waals surface area contributed by atoms with Gasteiger partial charge in [-0.2, -0.15) is 0 Å². The van der Waals surface area contributed by atoms with E-state index in [4.69, 9.17) is 10.7 Å². The summed E-state index contributed by atoms with van der Waals surface area (Å²) in [7, 11) is 0. The molecule has 0 aliphatic carbocycles. The Morgan fingerprint density at radius 2 is 2.00 bits per heavy atom. The molecular formula is C19H20N4O. The zero-order valence-electron chi connectivity index (χ0n) is 13.6. The van der Waals surface area contributed by atoms with Crippen LogP contribution in [-0.2, 0) is 0 Å². The van der Waals surface area contributed by atoms with Gasteiger partial charge in [-0.15, -0.1) is 0 Å². The molecule has 1 atom stereocenters. The van der Waals surface area contributed by atoms with E-state index in [1.807, 2.05) is 19.1 Å². The summed E-state index contributed by atoms with van der Waals surface area (Å²) in [6.07, 6.45) is 0.962. The van der Waals surface area contributed by atoms with E-state index in [-0.39, 0.29) is 11.8 Å². The van der Waals surface area contributed by atoms with Crippen LogP contribution in [0.5, 0.6) is 5.75 Å². The lowest BCUT2D eigenvalue weighted by Crippen LogP contribution is -2.27. The first-order valence-electron chi connectivity index (χ1n) is 8.19. The van der Waals surface area contributed by atoms with Crippen LogP contribution in [0.15, 0.2) is 42.5 Å². The van der Waals surface area contributed by atoms with Crippen LogP contribution in [0.4, 0.5) is 5.82 Å². The van der Waals surface area contributed by atoms with Crippen LogP contribution in [-0.4, -0.2) is 34.2 Å². The van der Waals surface area contributed by atoms with E-state index in [1.165, 1.54) is 0 Å². The third kappa shape index (κ3) is 2.57. The Hall–Kier alpha value is -2.66. The van der Waals surface area contributed by atoms with Crippen molar-refractivity contribution in [2.75, 3.05) is 18.0 Å². The first kappa shape index (κ1) is 14.9. The van der Waals surface area contributed by atoms with Crippen molar-refractivity contribution in [2.45, 2.75) is 19.4 Å². The van der Waals surface area contributed by atoms with Crippen molar-refractivity contribution in [3.05, 3.63) is 48.0 Å². The average molecular weight is 320 g/mol. The van der Waals surface area contributed by atoms with Gasteiger partial charge in [0.1, 0.15) is 11.6 Å². The number of para-hydroxylation sites is 1. The average Bonchev–Trinajstić information content (AvgIpc) is 3.00. The quantitative estimate of drug-likeness (QED) is 0.759. The van der Waals surface area contributed by atoms with Gasteiger partial charge in [0.05, 0.1) is 11.1 Å². The maximum absolute atomic E-state index is 10.2. The second kappa shape index (κ2) is 5.76. The standard InChI is InChI=1S/C19H20N4O/c1-12-6-7-14-16(10-12)21-18(15-4-2-3-5-17(15)24)22-19(14)23-9-8-13(20)11-23/h2-7,10,13,24H,8-9,11,20H2,1H3/t13-/m0/s1. The Labute approximate surface area is 140 Å². The molecule has 0 spiro atoms. The van der Waals surface area contributed by atoms with Crippen molar-refractivity contribution in [3.63, 3.8) is 0 Å². The summed E-state index contributed by atoms with van der Waals surface area (Å²) in [5.41, 5.74) is 8.76. The summed E-state index contributed by atoms with van der Waals surface area (Å²) in [4.78, 5) is 11.7. The molecule has 0 saturated carbocycles. The number of nitrogens with zero attached hydrogens (tertiary/aromatic N) is 3. The Morgan fingerprint density at radius 1 is 1.17 bits per heavy atom. The van der Waals surface area contributed by atoms with Crippen LogP contribution in [0, 0.1) is 6.92 Å². The monoisotopic (exact) mass is 320 g/mol. The van der Waals surface area contributed by atoms with Gasteiger partial charge in [0.25, 0.3) is 0 Å². The maximum atomic E-state index is 10.2. The Balaban J connectivity index is 1.94. The molecule has 24 heavy (non-hydrogen) atoms. The van der Waals surface area contributed by atoms with Crippen molar-refractivity contribution in [3.8, 4) is 17.1 Å². The normalized spacial score (nSPS) is 17.6. The number of aromatic nitrogens is 2. The number of fused-ring (bicyclic) bond motifs is 1. The van der Waals surface area contributed by atoms with E-state index < -0.39 is 0 Å². The molecule has 5 nitrogen and oxygen atoms in total. The smallest absolute Gasteiger partial charge is 0.165 e. The summed E-state index contributed by atoms with van der Waals surface area (Å²) in [6.45, 7) is 3.73. The van der Waals surface area contributed by atoms with Gasteiger partial charge in [-0.25, -0.2) is 9.97 Å². The highest BCUT2D eigenvalue weighted by Gasteiger charge is 2.23. The minimum Gasteiger partial charge on any atom is -0.507 e. The number of phenols is 1. The molecule has 3 N–H and O–H groups in total. The molecule has 1 aromatic heterocycles. The van der Waals surface area contributed by atoms with E-state index >= 15 is 0 Å². The van der Waals surface area contributed by atoms with Gasteiger partial charge >= 0.3 is 0 Å². The van der Waals surface area contributed by atoms with E-state index in [9.17, 15) is 5.11 Å². The predicted molar refractivity (Wildman–Crippen MR) is 96.2 cm³/mol. The molecule has 1 saturated heterocycles. The number of aryl methyl sites for hydroxylation is 1. The SMILES string of the molecule is Cc1ccc2c(N3CC[C@H](N)C3)nc(-c3ccccc3O)nc2c1. The lowest BCUT2D eigenvalue weighted by Gasteiger charge is -2.20. The summed E-state index contributed by atoms with van der Waals surface area (Å²) in [5.74, 6) is 1.63. The lowest BCUT2D eigenvalue weighted by molar-refractivity contribution is 0.477. The van der Waals surface area contributed by atoms with E-state index in [0.29, 0.717) is 11.4 Å². The first-order chi connectivity index (χ1) is 11.6. The second-order valence-corrected chi connectivity index (χ2v) is 6.40. The highest BCUT2D eigenvalue weighted by molar-refractivity contribution is 5.92. The first-order valence-corrected chi connectivity index (χ1v) is 8.19. The van der Waals surface area contributed by atoms with Crippen molar-refractivity contribution in [1.29, 1.82) is 0 Å². The summed E-state index contributed by atoms with van der Waals surface area (Å²) in [6, 6.07) is 13.5. The zero-order chi connectivity index (χ0) is 16.7. The van der Waals surface area contributed by atoms with Crippen LogP contribution >= 0.6 is 0 Å². The topological polar surface area (TPSA) is 75.3 Å². The minimum absolute atomic E-state index is 0.175. The molecule has 1 aliphatic rings. The van der Waals surface area contributed by atoms with Crippen LogP contribution in [0.1, 0.15) is 12.0 Å². The Kier molecular flexibility index (Phi) is 3.58. The fraction of sp³-hybridized carbons (Fsp3) is 0.263. The zero-order valence-corrected chi connectivity index (χ0v) is 13.6. The number of rotatable bonds is 2. The number of hydrogen-bond donors (Lipinski definition) is 2. The van der Waals surface area contributed by atoms with Gasteiger partial charge in [0.15, 0.2) is 5.82 Å². The van der Waals surface area contributed by atoms with Crippen molar-refractivity contribution in [2.24, 2.45) is 5.73 Å². The van der Waals surface area contributed by atoms with Crippen molar-refractivity contribution in [1.82, 2.24) is 9.97 Å². The Morgan fingerprint density at radius 3 is 2.75 bits per heavy atom. The van der Waals surface area contributed by atoms with E-state index in [0.717, 1.165) is 41.8 Å². The fourth-order valence-electron chi connectivity index (χ4n) is 3.23. The number of phenolic OH excluding ortho intramolecular Hbond substituents is 1. The van der Waals surface area contributed by atoms with Gasteiger partial charge in [-0.1, -0.05) is 18.2 Å². The van der Waals surface area contributed by atoms with Gasteiger partial charge in [-0.05, 0) is 43.2 Å². The molecule has 2 aromatic carbocycles. The van der Waals surface area contributed by atoms with E-state index in [1.54, 1.807) is 12.1 Å². The van der Waals surface area contributed by atoms with E-state index in [2.05, 4.69) is 28.1 Å². The molecule has 5 heteroatoms. The highest BCUT2D eigenvalue weighted by atomic mass is 16.3. The van der Waals surface area contributed by atoms with Crippen LogP contribution in [0.25, 0.3) is 22.3 Å². The van der Waals surface area contributed by atoms with Gasteiger partial charge in [-0.3, -0.25) is 0 Å². The number of benzene rings is 2. The second-order valence-electron chi connectivity index (χ2n) is 6.40. The number of hydrogen-bond acceptors (Lipinski definition) is 5. The number of nitrogens with two attached hydrogens (primary N) is 1. The third-order valence-electron chi connectivity index (χ3n) is 4.50. The number of anilines is 1. The molecule has 122 valence electrons. The molecular weight excluding hydrogens is 300 g/mol. The number of aromatic hydroxyl groups is 1. The van der Waals surface area contributed by atoms with Gasteiger partial charge < -0.3 is 15.7 Å². The molecule has 4 rings (SSSR count). The largest absolute Gasteiger partial charge is 0.507 e. The molecule has 3 aromatic rings. The highest BCUT2D eigenvalue weighted by Crippen LogP contribution is 2.32. The lowest BCUT2D eigenvalue weighted by atomic mass is 10.1. The third-order valence-corrected chi connectivity index (χ3v) is 4.50. The molecule has 1 fully saturated rings. The molecule has 0 amide bonds. The fourth-order valence-corrected chi connectivity index (χ4v) is 3.23. The van der Waals surface area contributed by atoms with Crippen molar-refractivity contribution < 1.29 is 5.11 Å². The molecule has 0 unspecified atom stereocenters. The Bertz CT molecular complexity index is 909. The molecule has 0 radical (unpaired) electrons. The summed E-state index contributed by atoms with van der Waals surface area (Å²) in [5, 5.41) is 11.2. The van der Waals surface area contributed by atoms with Crippen LogP contribution in [0.2, 0.25) is 0 Å². The predicted octanol–water partition coefficient (Wildman–Crippen LogP) is 2.85. The van der Waals surface area contributed by atoms with Gasteiger partial charge in [0.2, 0.25) is 0 Å². The minimum atomic E-state index is 0.175. The summed E-state index contributed by atoms with van der Waals surface area (Å²) < 4.78 is 0. The van der Waals surface area contributed by atoms with Gasteiger partial charge in [0, 0.05) is 24.5 Å². The summed E-state index contributed by atoms with van der Waals surface area (Å²) >= 11 is 0. The molecule has 1 aliphatic heterocycles. The van der Waals surface area contributed by atoms with Crippen LogP contribution in [0.3, 0.4) is 0 Å². The molecule has 0 bridgehead atoms. The van der Waals surface area contributed by atoms with Crippen molar-refractivity contribution >= 4 is 16.7 Å². The molecule has 2 heterocycles. The van der Waals surface area contributed by atoms with Crippen LogP contribution < -0.4 is 10.6 Å². The maximum Gasteiger partial charge on any atom is 0.165 e.